The van der Waals surface area contributed by atoms with Crippen molar-refractivity contribution in [3.05, 3.63) is 33.3 Å². The molecule has 1 aliphatic rings. The van der Waals surface area contributed by atoms with Crippen molar-refractivity contribution in [1.29, 1.82) is 0 Å². The Labute approximate surface area is 125 Å². The largest absolute Gasteiger partial charge is 0.394 e. The van der Waals surface area contributed by atoms with E-state index in [1.165, 1.54) is 0 Å². The number of halogens is 2. The molecule has 1 heterocycles. The standard InChI is InChI=1S/C13H16BrClN2O2/c14-10-4-3-9(12(15)6-10)7-16-13(19)17-5-1-2-11(17)8-18/h3-4,6,11,18H,1-2,5,7-8H2,(H,16,19). The first-order valence-electron chi connectivity index (χ1n) is 6.21. The molecule has 6 heteroatoms. The van der Waals surface area contributed by atoms with Crippen LogP contribution < -0.4 is 5.32 Å². The maximum Gasteiger partial charge on any atom is 0.317 e. The van der Waals surface area contributed by atoms with Gasteiger partial charge >= 0.3 is 6.03 Å². The Morgan fingerprint density at radius 1 is 1.58 bits per heavy atom. The van der Waals surface area contributed by atoms with E-state index < -0.39 is 0 Å². The number of amides is 2. The second-order valence-corrected chi connectivity index (χ2v) is 5.89. The van der Waals surface area contributed by atoms with E-state index in [0.717, 1.165) is 22.9 Å². The van der Waals surface area contributed by atoms with E-state index in [4.69, 9.17) is 11.6 Å². The van der Waals surface area contributed by atoms with Gasteiger partial charge < -0.3 is 15.3 Å². The number of nitrogens with one attached hydrogen (secondary N) is 1. The van der Waals surface area contributed by atoms with Crippen LogP contribution in [0.25, 0.3) is 0 Å². The topological polar surface area (TPSA) is 52.6 Å². The lowest BCUT2D eigenvalue weighted by molar-refractivity contribution is 0.157. The molecule has 104 valence electrons. The number of urea groups is 1. The molecule has 0 bridgehead atoms. The SMILES string of the molecule is O=C(NCc1ccc(Br)cc1Cl)N1CCCC1CO. The summed E-state index contributed by atoms with van der Waals surface area (Å²) < 4.78 is 0.910. The summed E-state index contributed by atoms with van der Waals surface area (Å²) in [6, 6.07) is 5.37. The van der Waals surface area contributed by atoms with Gasteiger partial charge in [0.1, 0.15) is 0 Å². The monoisotopic (exact) mass is 346 g/mol. The fraction of sp³-hybridized carbons (Fsp3) is 0.462. The number of nitrogens with zero attached hydrogens (tertiary/aromatic N) is 1. The van der Waals surface area contributed by atoms with Crippen LogP contribution in [0.5, 0.6) is 0 Å². The van der Waals surface area contributed by atoms with Crippen LogP contribution in [0.15, 0.2) is 22.7 Å². The van der Waals surface area contributed by atoms with Crippen molar-refractivity contribution >= 4 is 33.6 Å². The predicted molar refractivity (Wildman–Crippen MR) is 78.2 cm³/mol. The van der Waals surface area contributed by atoms with E-state index in [9.17, 15) is 9.90 Å². The Hall–Kier alpha value is -0.780. The second kappa shape index (κ2) is 6.59. The van der Waals surface area contributed by atoms with Crippen LogP contribution in [0, 0.1) is 0 Å². The molecular formula is C13H16BrClN2O2. The third-order valence-corrected chi connectivity index (χ3v) is 4.14. The number of hydrogen-bond acceptors (Lipinski definition) is 2. The van der Waals surface area contributed by atoms with Crippen LogP contribution in [0.2, 0.25) is 5.02 Å². The summed E-state index contributed by atoms with van der Waals surface area (Å²) in [5, 5.41) is 12.7. The third-order valence-electron chi connectivity index (χ3n) is 3.29. The molecule has 2 rings (SSSR count). The molecule has 2 N–H and O–H groups in total. The lowest BCUT2D eigenvalue weighted by Crippen LogP contribution is -2.43. The molecule has 1 fully saturated rings. The summed E-state index contributed by atoms with van der Waals surface area (Å²) in [4.78, 5) is 13.7. The minimum Gasteiger partial charge on any atom is -0.394 e. The number of aliphatic hydroxyl groups is 1. The highest BCUT2D eigenvalue weighted by molar-refractivity contribution is 9.10. The first kappa shape index (κ1) is 14.6. The van der Waals surface area contributed by atoms with Gasteiger partial charge in [-0.25, -0.2) is 4.79 Å². The minimum absolute atomic E-state index is 0.0203. The fourth-order valence-electron chi connectivity index (χ4n) is 2.23. The van der Waals surface area contributed by atoms with E-state index in [-0.39, 0.29) is 18.7 Å². The average molecular weight is 348 g/mol. The first-order valence-corrected chi connectivity index (χ1v) is 7.38. The summed E-state index contributed by atoms with van der Waals surface area (Å²) >= 11 is 9.43. The van der Waals surface area contributed by atoms with Crippen LogP contribution in [-0.4, -0.2) is 35.2 Å². The second-order valence-electron chi connectivity index (χ2n) is 4.57. The molecule has 1 aromatic rings. The van der Waals surface area contributed by atoms with Gasteiger partial charge in [-0.2, -0.15) is 0 Å². The zero-order valence-electron chi connectivity index (χ0n) is 10.4. The van der Waals surface area contributed by atoms with Gasteiger partial charge in [0, 0.05) is 22.6 Å². The molecule has 1 aliphatic heterocycles. The summed E-state index contributed by atoms with van der Waals surface area (Å²) in [6.07, 6.45) is 1.81. The molecule has 0 radical (unpaired) electrons. The Morgan fingerprint density at radius 3 is 3.05 bits per heavy atom. The van der Waals surface area contributed by atoms with Gasteiger partial charge in [0.15, 0.2) is 0 Å². The predicted octanol–water partition coefficient (Wildman–Crippen LogP) is 2.77. The van der Waals surface area contributed by atoms with Crippen molar-refractivity contribution in [1.82, 2.24) is 10.2 Å². The van der Waals surface area contributed by atoms with Gasteiger partial charge in [0.25, 0.3) is 0 Å². The Kier molecular flexibility index (Phi) is 5.07. The summed E-state index contributed by atoms with van der Waals surface area (Å²) in [7, 11) is 0. The van der Waals surface area contributed by atoms with Gasteiger partial charge in [-0.1, -0.05) is 33.6 Å². The Bertz CT molecular complexity index is 470. The van der Waals surface area contributed by atoms with Crippen LogP contribution in [0.3, 0.4) is 0 Å². The van der Waals surface area contributed by atoms with E-state index >= 15 is 0 Å². The molecule has 1 unspecified atom stereocenters. The molecule has 1 atom stereocenters. The molecule has 19 heavy (non-hydrogen) atoms. The van der Waals surface area contributed by atoms with E-state index in [2.05, 4.69) is 21.2 Å². The van der Waals surface area contributed by atoms with Gasteiger partial charge in [-0.05, 0) is 30.5 Å². The zero-order chi connectivity index (χ0) is 13.8. The molecule has 0 saturated carbocycles. The highest BCUT2D eigenvalue weighted by Crippen LogP contribution is 2.21. The Morgan fingerprint density at radius 2 is 2.37 bits per heavy atom. The molecule has 0 aromatic heterocycles. The van der Waals surface area contributed by atoms with Crippen molar-refractivity contribution in [3.8, 4) is 0 Å². The van der Waals surface area contributed by atoms with Gasteiger partial charge in [0.2, 0.25) is 0 Å². The molecule has 1 saturated heterocycles. The van der Waals surface area contributed by atoms with E-state index in [1.807, 2.05) is 12.1 Å². The molecular weight excluding hydrogens is 332 g/mol. The minimum atomic E-state index is -0.143. The lowest BCUT2D eigenvalue weighted by atomic mass is 10.2. The first-order chi connectivity index (χ1) is 9.11. The lowest BCUT2D eigenvalue weighted by Gasteiger charge is -2.23. The molecule has 1 aromatic carbocycles. The molecule has 4 nitrogen and oxygen atoms in total. The van der Waals surface area contributed by atoms with Crippen molar-refractivity contribution < 1.29 is 9.90 Å². The fourth-order valence-corrected chi connectivity index (χ4v) is 2.97. The number of likely N-dealkylation sites (tertiary alicyclic amines) is 1. The van der Waals surface area contributed by atoms with Crippen LogP contribution in [0.4, 0.5) is 4.79 Å². The summed E-state index contributed by atoms with van der Waals surface area (Å²) in [5.41, 5.74) is 0.873. The van der Waals surface area contributed by atoms with Gasteiger partial charge in [-0.15, -0.1) is 0 Å². The van der Waals surface area contributed by atoms with E-state index in [1.54, 1.807) is 11.0 Å². The maximum absolute atomic E-state index is 12.0. The van der Waals surface area contributed by atoms with Gasteiger partial charge in [0.05, 0.1) is 12.6 Å². The third kappa shape index (κ3) is 3.61. The van der Waals surface area contributed by atoms with Crippen molar-refractivity contribution in [2.24, 2.45) is 0 Å². The van der Waals surface area contributed by atoms with E-state index in [0.29, 0.717) is 18.1 Å². The quantitative estimate of drug-likeness (QED) is 0.883. The number of carbonyl (C=O) groups excluding carboxylic acids is 1. The highest BCUT2D eigenvalue weighted by atomic mass is 79.9. The van der Waals surface area contributed by atoms with Crippen molar-refractivity contribution in [2.75, 3.05) is 13.2 Å². The normalized spacial score (nSPS) is 18.7. The number of benzene rings is 1. The highest BCUT2D eigenvalue weighted by Gasteiger charge is 2.27. The molecule has 0 spiro atoms. The molecule has 0 aliphatic carbocycles. The average Bonchev–Trinajstić information content (AvgIpc) is 2.85. The number of hydrogen-bond donors (Lipinski definition) is 2. The van der Waals surface area contributed by atoms with Crippen molar-refractivity contribution in [2.45, 2.75) is 25.4 Å². The number of carbonyl (C=O) groups is 1. The van der Waals surface area contributed by atoms with Crippen LogP contribution in [0.1, 0.15) is 18.4 Å². The smallest absolute Gasteiger partial charge is 0.317 e. The van der Waals surface area contributed by atoms with Crippen molar-refractivity contribution in [3.63, 3.8) is 0 Å². The van der Waals surface area contributed by atoms with Crippen LogP contribution in [-0.2, 0) is 6.54 Å². The Balaban J connectivity index is 1.93. The maximum atomic E-state index is 12.0. The van der Waals surface area contributed by atoms with Gasteiger partial charge in [-0.3, -0.25) is 0 Å². The number of aliphatic hydroxyl groups excluding tert-OH is 1. The number of rotatable bonds is 3. The zero-order valence-corrected chi connectivity index (χ0v) is 12.7. The van der Waals surface area contributed by atoms with Crippen LogP contribution >= 0.6 is 27.5 Å². The summed E-state index contributed by atoms with van der Waals surface area (Å²) in [5.74, 6) is 0. The molecule has 2 amide bonds. The summed E-state index contributed by atoms with van der Waals surface area (Å²) in [6.45, 7) is 1.11.